The van der Waals surface area contributed by atoms with Crippen LogP contribution in [0.4, 0.5) is 17.1 Å². The summed E-state index contributed by atoms with van der Waals surface area (Å²) in [5.41, 5.74) is 1.78. The van der Waals surface area contributed by atoms with Crippen LogP contribution in [0.1, 0.15) is 6.92 Å². The third-order valence-electron chi connectivity index (χ3n) is 2.86. The van der Waals surface area contributed by atoms with Crippen LogP contribution in [0.5, 0.6) is 0 Å². The normalized spacial score (nSPS) is 10.0. The Kier molecular flexibility index (Phi) is 5.84. The average molecular weight is 352 g/mol. The van der Waals surface area contributed by atoms with Crippen molar-refractivity contribution in [2.24, 2.45) is 0 Å². The Balaban J connectivity index is 1.94. The zero-order valence-electron chi connectivity index (χ0n) is 12.3. The lowest BCUT2D eigenvalue weighted by Gasteiger charge is -2.10. The molecule has 2 rings (SSSR count). The molecule has 0 unspecified atom stereocenters. The summed E-state index contributed by atoms with van der Waals surface area (Å²) in [6.07, 6.45) is 0. The molecule has 0 atom stereocenters. The standard InChI is InChI=1S/C16H15Cl2N3O2/c1-10(22)20-11-4-2-5-12(8-11)21-15(23)9-19-14-7-3-6-13(17)16(14)18/h2-8,19H,9H2,1H3,(H,20,22)(H,21,23). The van der Waals surface area contributed by atoms with Crippen LogP contribution in [0.2, 0.25) is 10.0 Å². The van der Waals surface area contributed by atoms with Gasteiger partial charge in [0.1, 0.15) is 0 Å². The first-order valence-electron chi connectivity index (χ1n) is 6.81. The number of hydrogen-bond acceptors (Lipinski definition) is 3. The van der Waals surface area contributed by atoms with Crippen molar-refractivity contribution in [3.05, 3.63) is 52.5 Å². The highest BCUT2D eigenvalue weighted by Gasteiger charge is 2.07. The van der Waals surface area contributed by atoms with Crippen molar-refractivity contribution in [3.63, 3.8) is 0 Å². The van der Waals surface area contributed by atoms with E-state index in [1.807, 2.05) is 0 Å². The lowest BCUT2D eigenvalue weighted by molar-refractivity contribution is -0.115. The predicted octanol–water partition coefficient (Wildman–Crippen LogP) is 4.00. The second-order valence-electron chi connectivity index (χ2n) is 4.77. The molecular weight excluding hydrogens is 337 g/mol. The quantitative estimate of drug-likeness (QED) is 0.762. The first-order valence-corrected chi connectivity index (χ1v) is 7.56. The maximum Gasteiger partial charge on any atom is 0.243 e. The molecule has 0 aliphatic heterocycles. The molecule has 0 saturated heterocycles. The van der Waals surface area contributed by atoms with Gasteiger partial charge in [-0.05, 0) is 30.3 Å². The Bertz CT molecular complexity index is 735. The second-order valence-corrected chi connectivity index (χ2v) is 5.55. The fourth-order valence-electron chi connectivity index (χ4n) is 1.90. The fraction of sp³-hybridized carbons (Fsp3) is 0.125. The number of nitrogens with one attached hydrogen (secondary N) is 3. The molecule has 120 valence electrons. The van der Waals surface area contributed by atoms with Gasteiger partial charge in [-0.15, -0.1) is 0 Å². The summed E-state index contributed by atoms with van der Waals surface area (Å²) in [5.74, 6) is -0.424. The number of anilines is 3. The minimum atomic E-state index is -0.249. The summed E-state index contributed by atoms with van der Waals surface area (Å²) in [5, 5.41) is 9.09. The van der Waals surface area contributed by atoms with E-state index in [9.17, 15) is 9.59 Å². The molecule has 7 heteroatoms. The number of halogens is 2. The first kappa shape index (κ1) is 17.1. The summed E-state index contributed by atoms with van der Waals surface area (Å²) in [6, 6.07) is 12.0. The molecule has 0 fully saturated rings. The van der Waals surface area contributed by atoms with Gasteiger partial charge in [0.25, 0.3) is 0 Å². The predicted molar refractivity (Wildman–Crippen MR) is 94.3 cm³/mol. The molecule has 0 saturated carbocycles. The molecule has 0 bridgehead atoms. The van der Waals surface area contributed by atoms with Crippen molar-refractivity contribution in [2.75, 3.05) is 22.5 Å². The Morgan fingerprint density at radius 3 is 2.35 bits per heavy atom. The van der Waals surface area contributed by atoms with Gasteiger partial charge in [-0.2, -0.15) is 0 Å². The molecule has 0 spiro atoms. The van der Waals surface area contributed by atoms with Crippen molar-refractivity contribution in [1.82, 2.24) is 0 Å². The second kappa shape index (κ2) is 7.85. The van der Waals surface area contributed by atoms with Crippen LogP contribution >= 0.6 is 23.2 Å². The molecule has 2 amide bonds. The fourth-order valence-corrected chi connectivity index (χ4v) is 2.27. The third-order valence-corrected chi connectivity index (χ3v) is 3.68. The summed E-state index contributed by atoms with van der Waals surface area (Å²) in [6.45, 7) is 1.45. The van der Waals surface area contributed by atoms with E-state index in [0.29, 0.717) is 27.1 Å². The van der Waals surface area contributed by atoms with Crippen LogP contribution in [0.25, 0.3) is 0 Å². The highest BCUT2D eigenvalue weighted by molar-refractivity contribution is 6.43. The van der Waals surface area contributed by atoms with E-state index in [-0.39, 0.29) is 18.4 Å². The highest BCUT2D eigenvalue weighted by Crippen LogP contribution is 2.29. The molecule has 0 heterocycles. The van der Waals surface area contributed by atoms with Gasteiger partial charge in [0.2, 0.25) is 11.8 Å². The van der Waals surface area contributed by atoms with Crippen molar-refractivity contribution >= 4 is 52.1 Å². The highest BCUT2D eigenvalue weighted by atomic mass is 35.5. The number of carbonyl (C=O) groups is 2. The SMILES string of the molecule is CC(=O)Nc1cccc(NC(=O)CNc2cccc(Cl)c2Cl)c1. The summed E-state index contributed by atoms with van der Waals surface area (Å²) < 4.78 is 0. The summed E-state index contributed by atoms with van der Waals surface area (Å²) in [7, 11) is 0. The number of amides is 2. The molecular formula is C16H15Cl2N3O2. The molecule has 23 heavy (non-hydrogen) atoms. The van der Waals surface area contributed by atoms with Crippen molar-refractivity contribution < 1.29 is 9.59 Å². The van der Waals surface area contributed by atoms with E-state index in [1.54, 1.807) is 42.5 Å². The van der Waals surface area contributed by atoms with Crippen LogP contribution in [0, 0.1) is 0 Å². The summed E-state index contributed by atoms with van der Waals surface area (Å²) in [4.78, 5) is 23.0. The van der Waals surface area contributed by atoms with E-state index in [4.69, 9.17) is 23.2 Å². The lowest BCUT2D eigenvalue weighted by atomic mass is 10.2. The van der Waals surface area contributed by atoms with Crippen molar-refractivity contribution in [1.29, 1.82) is 0 Å². The molecule has 0 aliphatic carbocycles. The average Bonchev–Trinajstić information content (AvgIpc) is 2.48. The van der Waals surface area contributed by atoms with E-state index < -0.39 is 0 Å². The minimum absolute atomic E-state index is 0.0322. The molecule has 2 aromatic rings. The zero-order chi connectivity index (χ0) is 16.8. The molecule has 0 aliphatic rings. The van der Waals surface area contributed by atoms with Gasteiger partial charge in [0.05, 0.1) is 22.3 Å². The smallest absolute Gasteiger partial charge is 0.243 e. The Morgan fingerprint density at radius 2 is 1.65 bits per heavy atom. The third kappa shape index (κ3) is 5.16. The van der Waals surface area contributed by atoms with E-state index in [0.717, 1.165) is 0 Å². The van der Waals surface area contributed by atoms with E-state index >= 15 is 0 Å². The summed E-state index contributed by atoms with van der Waals surface area (Å²) >= 11 is 12.0. The van der Waals surface area contributed by atoms with Gasteiger partial charge in [0, 0.05) is 18.3 Å². The maximum atomic E-state index is 12.0. The van der Waals surface area contributed by atoms with Crippen LogP contribution in [-0.4, -0.2) is 18.4 Å². The monoisotopic (exact) mass is 351 g/mol. The van der Waals surface area contributed by atoms with Gasteiger partial charge in [-0.25, -0.2) is 0 Å². The van der Waals surface area contributed by atoms with Gasteiger partial charge in [0.15, 0.2) is 0 Å². The van der Waals surface area contributed by atoms with Crippen molar-refractivity contribution in [2.45, 2.75) is 6.92 Å². The largest absolute Gasteiger partial charge is 0.375 e. The molecule has 0 radical (unpaired) electrons. The lowest BCUT2D eigenvalue weighted by Crippen LogP contribution is -2.22. The Labute approximate surface area is 144 Å². The first-order chi connectivity index (χ1) is 11.0. The minimum Gasteiger partial charge on any atom is -0.375 e. The van der Waals surface area contributed by atoms with Gasteiger partial charge >= 0.3 is 0 Å². The molecule has 2 aromatic carbocycles. The van der Waals surface area contributed by atoms with E-state index in [2.05, 4.69) is 16.0 Å². The molecule has 5 nitrogen and oxygen atoms in total. The van der Waals surface area contributed by atoms with Gasteiger partial charge < -0.3 is 16.0 Å². The topological polar surface area (TPSA) is 70.2 Å². The molecule has 3 N–H and O–H groups in total. The van der Waals surface area contributed by atoms with E-state index in [1.165, 1.54) is 6.92 Å². The van der Waals surface area contributed by atoms with Gasteiger partial charge in [-0.1, -0.05) is 35.3 Å². The Hall–Kier alpha value is -2.24. The molecule has 0 aromatic heterocycles. The zero-order valence-corrected chi connectivity index (χ0v) is 13.8. The number of rotatable bonds is 5. The Morgan fingerprint density at radius 1 is 1.00 bits per heavy atom. The van der Waals surface area contributed by atoms with Crippen LogP contribution < -0.4 is 16.0 Å². The van der Waals surface area contributed by atoms with Crippen LogP contribution in [0.3, 0.4) is 0 Å². The van der Waals surface area contributed by atoms with Gasteiger partial charge in [-0.3, -0.25) is 9.59 Å². The number of hydrogen-bond donors (Lipinski definition) is 3. The number of benzene rings is 2. The van der Waals surface area contributed by atoms with Crippen LogP contribution in [-0.2, 0) is 9.59 Å². The van der Waals surface area contributed by atoms with Crippen LogP contribution in [0.15, 0.2) is 42.5 Å². The number of carbonyl (C=O) groups excluding carboxylic acids is 2. The van der Waals surface area contributed by atoms with Crippen molar-refractivity contribution in [3.8, 4) is 0 Å². The maximum absolute atomic E-state index is 12.0.